The summed E-state index contributed by atoms with van der Waals surface area (Å²) in [4.78, 5) is 15.5. The van der Waals surface area contributed by atoms with Crippen molar-refractivity contribution in [1.82, 2.24) is 10.3 Å². The highest BCUT2D eigenvalue weighted by Crippen LogP contribution is 2.25. The molecule has 0 aliphatic heterocycles. The molecule has 0 saturated heterocycles. The zero-order valence-electron chi connectivity index (χ0n) is 14.7. The summed E-state index contributed by atoms with van der Waals surface area (Å²) in [5, 5.41) is 3.74. The number of rotatable bonds is 7. The Morgan fingerprint density at radius 3 is 2.48 bits per heavy atom. The van der Waals surface area contributed by atoms with Crippen LogP contribution in [0.2, 0.25) is 0 Å². The lowest BCUT2D eigenvalue weighted by atomic mass is 10.0. The highest BCUT2D eigenvalue weighted by Gasteiger charge is 2.12. The molecule has 1 heterocycles. The van der Waals surface area contributed by atoms with Gasteiger partial charge in [0.2, 0.25) is 0 Å². The van der Waals surface area contributed by atoms with Gasteiger partial charge in [-0.2, -0.15) is 0 Å². The van der Waals surface area contributed by atoms with Crippen molar-refractivity contribution >= 4 is 28.4 Å². The Morgan fingerprint density at radius 2 is 1.78 bits per heavy atom. The number of nitrogens with one attached hydrogen (secondary N) is 2. The molecule has 2 atom stereocenters. The summed E-state index contributed by atoms with van der Waals surface area (Å²) >= 11 is 5.70. The second-order valence-corrected chi connectivity index (χ2v) is 7.12. The van der Waals surface area contributed by atoms with Crippen molar-refractivity contribution in [3.8, 4) is 11.1 Å². The summed E-state index contributed by atoms with van der Waals surface area (Å²) in [5.41, 5.74) is 14.2. The number of hydrogen-bond donors (Lipinski definition) is 4. The summed E-state index contributed by atoms with van der Waals surface area (Å²) in [6.07, 6.45) is 1.23. The third-order valence-corrected chi connectivity index (χ3v) is 4.60. The van der Waals surface area contributed by atoms with E-state index in [9.17, 15) is 9.18 Å². The lowest BCUT2D eigenvalue weighted by Gasteiger charge is -2.12. The zero-order valence-corrected chi connectivity index (χ0v) is 15.5. The standard InChI is InChI=1S/C20H22ClFN4O/c21-19(24)8-7-16(23)11-25-20(27)18-10-14-2-1-13(9-17(14)26-18)12-3-5-15(22)6-4-12/h1-6,9-10,16,19,26H,7-8,11,23-24H2,(H,25,27). The quantitative estimate of drug-likeness (QED) is 0.369. The predicted molar refractivity (Wildman–Crippen MR) is 107 cm³/mol. The minimum absolute atomic E-state index is 0.201. The van der Waals surface area contributed by atoms with E-state index in [-0.39, 0.29) is 17.8 Å². The number of amides is 1. The van der Waals surface area contributed by atoms with Gasteiger partial charge >= 0.3 is 0 Å². The van der Waals surface area contributed by atoms with E-state index in [0.29, 0.717) is 25.1 Å². The molecule has 0 bridgehead atoms. The first-order chi connectivity index (χ1) is 12.9. The van der Waals surface area contributed by atoms with E-state index >= 15 is 0 Å². The first-order valence-electron chi connectivity index (χ1n) is 8.74. The first kappa shape index (κ1) is 19.4. The normalized spacial score (nSPS) is 13.5. The van der Waals surface area contributed by atoms with Crippen LogP contribution in [0.15, 0.2) is 48.5 Å². The first-order valence-corrected chi connectivity index (χ1v) is 9.18. The van der Waals surface area contributed by atoms with Crippen LogP contribution in [0, 0.1) is 5.82 Å². The molecule has 3 aromatic rings. The van der Waals surface area contributed by atoms with Crippen LogP contribution in [-0.2, 0) is 0 Å². The van der Waals surface area contributed by atoms with Crippen LogP contribution in [-0.4, -0.2) is 29.0 Å². The summed E-state index contributed by atoms with van der Waals surface area (Å²) in [6, 6.07) is 13.7. The SMILES string of the molecule is NC(Cl)CCC(N)CNC(=O)c1cc2ccc(-c3ccc(F)cc3)cc2[nH]1. The van der Waals surface area contributed by atoms with Gasteiger partial charge in [0.05, 0.1) is 5.50 Å². The molecule has 27 heavy (non-hydrogen) atoms. The lowest BCUT2D eigenvalue weighted by Crippen LogP contribution is -2.38. The van der Waals surface area contributed by atoms with Gasteiger partial charge in [-0.1, -0.05) is 24.3 Å². The highest BCUT2D eigenvalue weighted by atomic mass is 35.5. The van der Waals surface area contributed by atoms with E-state index in [0.717, 1.165) is 22.0 Å². The van der Waals surface area contributed by atoms with Crippen molar-refractivity contribution in [3.63, 3.8) is 0 Å². The van der Waals surface area contributed by atoms with E-state index in [1.54, 1.807) is 18.2 Å². The summed E-state index contributed by atoms with van der Waals surface area (Å²) < 4.78 is 13.1. The molecule has 3 rings (SSSR count). The Labute approximate surface area is 161 Å². The number of nitrogens with two attached hydrogens (primary N) is 2. The van der Waals surface area contributed by atoms with Gasteiger partial charge in [-0.25, -0.2) is 4.39 Å². The molecule has 0 aliphatic carbocycles. The number of aromatic amines is 1. The maximum absolute atomic E-state index is 13.1. The molecular weight excluding hydrogens is 367 g/mol. The van der Waals surface area contributed by atoms with Gasteiger partial charge in [-0.3, -0.25) is 4.79 Å². The molecule has 0 saturated carbocycles. The molecule has 0 aliphatic rings. The highest BCUT2D eigenvalue weighted by molar-refractivity contribution is 6.20. The number of benzene rings is 2. The maximum Gasteiger partial charge on any atom is 0.267 e. The number of H-pyrrole nitrogens is 1. The Balaban J connectivity index is 1.69. The van der Waals surface area contributed by atoms with E-state index < -0.39 is 5.50 Å². The number of halogens is 2. The molecule has 0 spiro atoms. The van der Waals surface area contributed by atoms with Crippen molar-refractivity contribution in [2.24, 2.45) is 11.5 Å². The van der Waals surface area contributed by atoms with E-state index in [1.165, 1.54) is 12.1 Å². The number of carbonyl (C=O) groups is 1. The van der Waals surface area contributed by atoms with Gasteiger partial charge in [0.15, 0.2) is 0 Å². The molecule has 5 nitrogen and oxygen atoms in total. The van der Waals surface area contributed by atoms with Gasteiger partial charge in [-0.05, 0) is 48.2 Å². The van der Waals surface area contributed by atoms with Gasteiger partial charge < -0.3 is 21.8 Å². The topological polar surface area (TPSA) is 96.9 Å². The third-order valence-electron chi connectivity index (χ3n) is 4.38. The van der Waals surface area contributed by atoms with Gasteiger partial charge in [0.1, 0.15) is 11.5 Å². The summed E-state index contributed by atoms with van der Waals surface area (Å²) in [6.45, 7) is 0.346. The fourth-order valence-corrected chi connectivity index (χ4v) is 2.99. The molecular formula is C20H22ClFN4O. The summed E-state index contributed by atoms with van der Waals surface area (Å²) in [5.74, 6) is -0.495. The Kier molecular flexibility index (Phi) is 6.11. The van der Waals surface area contributed by atoms with Crippen LogP contribution in [0.5, 0.6) is 0 Å². The van der Waals surface area contributed by atoms with Crippen LogP contribution in [0.3, 0.4) is 0 Å². The average Bonchev–Trinajstić information content (AvgIpc) is 3.08. The fraction of sp³-hybridized carbons (Fsp3) is 0.250. The van der Waals surface area contributed by atoms with Crippen molar-refractivity contribution in [1.29, 1.82) is 0 Å². The third kappa shape index (κ3) is 5.07. The summed E-state index contributed by atoms with van der Waals surface area (Å²) in [7, 11) is 0. The average molecular weight is 389 g/mol. The minimum atomic E-state index is -0.421. The van der Waals surface area contributed by atoms with Gasteiger partial charge in [0, 0.05) is 23.5 Å². The molecule has 1 amide bonds. The molecule has 1 aromatic heterocycles. The number of fused-ring (bicyclic) bond motifs is 1. The molecule has 0 fully saturated rings. The van der Waals surface area contributed by atoms with Crippen LogP contribution < -0.4 is 16.8 Å². The van der Waals surface area contributed by atoms with Gasteiger partial charge in [0.25, 0.3) is 5.91 Å². The van der Waals surface area contributed by atoms with Crippen molar-refractivity contribution in [3.05, 3.63) is 60.0 Å². The van der Waals surface area contributed by atoms with E-state index in [4.69, 9.17) is 23.1 Å². The van der Waals surface area contributed by atoms with Crippen molar-refractivity contribution < 1.29 is 9.18 Å². The monoisotopic (exact) mass is 388 g/mol. The molecule has 6 N–H and O–H groups in total. The molecule has 7 heteroatoms. The molecule has 0 radical (unpaired) electrons. The van der Waals surface area contributed by atoms with Crippen molar-refractivity contribution in [2.45, 2.75) is 24.4 Å². The second kappa shape index (κ2) is 8.52. The smallest absolute Gasteiger partial charge is 0.267 e. The number of carbonyl (C=O) groups excluding carboxylic acids is 1. The lowest BCUT2D eigenvalue weighted by molar-refractivity contribution is 0.0946. The van der Waals surface area contributed by atoms with Crippen LogP contribution in [0.4, 0.5) is 4.39 Å². The Bertz CT molecular complexity index is 923. The number of hydrogen-bond acceptors (Lipinski definition) is 3. The Morgan fingerprint density at radius 1 is 1.07 bits per heavy atom. The van der Waals surface area contributed by atoms with Crippen molar-refractivity contribution in [2.75, 3.05) is 6.54 Å². The van der Waals surface area contributed by atoms with Crippen LogP contribution >= 0.6 is 11.6 Å². The largest absolute Gasteiger partial charge is 0.351 e. The molecule has 2 aromatic carbocycles. The van der Waals surface area contributed by atoms with E-state index in [2.05, 4.69) is 10.3 Å². The van der Waals surface area contributed by atoms with Crippen LogP contribution in [0.1, 0.15) is 23.3 Å². The number of alkyl halides is 1. The van der Waals surface area contributed by atoms with E-state index in [1.807, 2.05) is 18.2 Å². The zero-order chi connectivity index (χ0) is 19.4. The maximum atomic E-state index is 13.1. The molecule has 2 unspecified atom stereocenters. The number of aromatic nitrogens is 1. The second-order valence-electron chi connectivity index (χ2n) is 6.56. The fourth-order valence-electron chi connectivity index (χ4n) is 2.87. The molecule has 142 valence electrons. The van der Waals surface area contributed by atoms with Crippen LogP contribution in [0.25, 0.3) is 22.0 Å². The minimum Gasteiger partial charge on any atom is -0.351 e. The predicted octanol–water partition coefficient (Wildman–Crippen LogP) is 3.33. The Hall–Kier alpha value is -2.41. The van der Waals surface area contributed by atoms with Gasteiger partial charge in [-0.15, -0.1) is 11.6 Å².